The number of imidazole rings is 1. The molecule has 3 rings (SSSR count). The molecule has 0 spiro atoms. The first-order valence-electron chi connectivity index (χ1n) is 3.48. The lowest BCUT2D eigenvalue weighted by Crippen LogP contribution is -1.70. The van der Waals surface area contributed by atoms with Gasteiger partial charge in [-0.3, -0.25) is 0 Å². The summed E-state index contributed by atoms with van der Waals surface area (Å²) in [5.41, 5.74) is 2.82. The minimum Gasteiger partial charge on any atom is -0.235 e. The van der Waals surface area contributed by atoms with E-state index in [0.29, 0.717) is 0 Å². The molecule has 0 aliphatic rings. The summed E-state index contributed by atoms with van der Waals surface area (Å²) >= 11 is 1.48. The van der Waals surface area contributed by atoms with Gasteiger partial charge in [-0.1, -0.05) is 0 Å². The third kappa shape index (κ3) is 0.634. The molecule has 3 aromatic rings. The van der Waals surface area contributed by atoms with Gasteiger partial charge in [0, 0.05) is 0 Å². The zero-order valence-corrected chi connectivity index (χ0v) is 6.80. The van der Waals surface area contributed by atoms with Crippen LogP contribution in [0.3, 0.4) is 0 Å². The van der Waals surface area contributed by atoms with E-state index in [2.05, 4.69) is 19.6 Å². The topological polar surface area (TPSA) is 54.5 Å². The Bertz CT molecular complexity index is 489. The van der Waals surface area contributed by atoms with Crippen LogP contribution in [0.2, 0.25) is 0 Å². The van der Waals surface area contributed by atoms with Crippen molar-refractivity contribution in [1.29, 1.82) is 0 Å². The van der Waals surface area contributed by atoms with Crippen LogP contribution < -0.4 is 0 Å². The van der Waals surface area contributed by atoms with Gasteiger partial charge < -0.3 is 0 Å². The fraction of sp³-hybridized carbons (Fsp3) is 0. The van der Waals surface area contributed by atoms with E-state index in [-0.39, 0.29) is 0 Å². The molecule has 0 saturated heterocycles. The fourth-order valence-electron chi connectivity index (χ4n) is 1.23. The molecule has 0 aliphatic carbocycles. The number of nitrogens with zero attached hydrogens (tertiary/aromatic N) is 3. The van der Waals surface area contributed by atoms with E-state index in [0.717, 1.165) is 21.3 Å². The second-order valence-corrected chi connectivity index (χ2v) is 3.26. The largest absolute Gasteiger partial charge is 0.235 e. The first-order valence-corrected chi connectivity index (χ1v) is 4.30. The van der Waals surface area contributed by atoms with Crippen molar-refractivity contribution in [1.82, 2.24) is 19.6 Å². The van der Waals surface area contributed by atoms with E-state index in [1.807, 2.05) is 12.1 Å². The number of H-pyrrole nitrogens is 1. The van der Waals surface area contributed by atoms with E-state index >= 15 is 0 Å². The van der Waals surface area contributed by atoms with Crippen molar-refractivity contribution in [2.24, 2.45) is 0 Å². The maximum absolute atomic E-state index is 4.16. The summed E-state index contributed by atoms with van der Waals surface area (Å²) in [4.78, 5) is 8.26. The van der Waals surface area contributed by atoms with Crippen molar-refractivity contribution >= 4 is 32.8 Å². The number of nitrogens with one attached hydrogen (secondary N) is 1. The second kappa shape index (κ2) is 2.01. The zero-order chi connectivity index (χ0) is 7.97. The van der Waals surface area contributed by atoms with Crippen LogP contribution in [-0.2, 0) is 0 Å². The molecular weight excluding hydrogens is 172 g/mol. The van der Waals surface area contributed by atoms with Crippen LogP contribution in [0.1, 0.15) is 0 Å². The molecule has 58 valence electrons. The predicted octanol–water partition coefficient (Wildman–Crippen LogP) is 1.57. The van der Waals surface area contributed by atoms with E-state index in [9.17, 15) is 0 Å². The van der Waals surface area contributed by atoms with Crippen LogP contribution in [0, 0.1) is 0 Å². The lowest BCUT2D eigenvalue weighted by Gasteiger charge is -1.85. The van der Waals surface area contributed by atoms with Crippen LogP contribution in [-0.4, -0.2) is 19.6 Å². The first kappa shape index (κ1) is 6.07. The smallest absolute Gasteiger partial charge is 0.116 e. The van der Waals surface area contributed by atoms with Crippen molar-refractivity contribution in [3.05, 3.63) is 18.5 Å². The monoisotopic (exact) mass is 176 g/mol. The second-order valence-electron chi connectivity index (χ2n) is 2.46. The predicted molar refractivity (Wildman–Crippen MR) is 47.1 cm³/mol. The van der Waals surface area contributed by atoms with Crippen LogP contribution in [0.15, 0.2) is 18.5 Å². The minimum atomic E-state index is 0.931. The zero-order valence-electron chi connectivity index (χ0n) is 5.98. The highest BCUT2D eigenvalue weighted by Gasteiger charge is 2.04. The van der Waals surface area contributed by atoms with Crippen LogP contribution >= 0.6 is 11.5 Å². The van der Waals surface area contributed by atoms with Gasteiger partial charge in [0.2, 0.25) is 0 Å². The van der Waals surface area contributed by atoms with Gasteiger partial charge in [0.1, 0.15) is 22.1 Å². The van der Waals surface area contributed by atoms with Gasteiger partial charge in [0.25, 0.3) is 0 Å². The molecule has 0 unspecified atom stereocenters. The summed E-state index contributed by atoms with van der Waals surface area (Å²) in [6.45, 7) is 0. The average molecular weight is 176 g/mol. The third-order valence-corrected chi connectivity index (χ3v) is 2.58. The molecule has 4 nitrogen and oxygen atoms in total. The molecule has 12 heavy (non-hydrogen) atoms. The first-order chi connectivity index (χ1) is 5.95. The number of aromatic amines is 1. The summed E-state index contributed by atoms with van der Waals surface area (Å²) in [7, 11) is 0. The maximum atomic E-state index is 4.16. The van der Waals surface area contributed by atoms with Gasteiger partial charge in [-0.15, -0.1) is 0 Å². The average Bonchev–Trinajstić information content (AvgIpc) is 2.71. The van der Waals surface area contributed by atoms with Crippen LogP contribution in [0.25, 0.3) is 21.3 Å². The summed E-state index contributed by atoms with van der Waals surface area (Å²) in [5.74, 6) is 0. The molecule has 0 saturated carbocycles. The molecule has 5 heteroatoms. The molecule has 1 N–H and O–H groups in total. The lowest BCUT2D eigenvalue weighted by molar-refractivity contribution is 1.20. The van der Waals surface area contributed by atoms with Gasteiger partial charge >= 0.3 is 0 Å². The van der Waals surface area contributed by atoms with Crippen molar-refractivity contribution in [3.8, 4) is 0 Å². The van der Waals surface area contributed by atoms with E-state index in [4.69, 9.17) is 0 Å². The van der Waals surface area contributed by atoms with Gasteiger partial charge in [-0.2, -0.15) is 5.10 Å². The Morgan fingerprint density at radius 3 is 3.08 bits per heavy atom. The molecule has 1 aromatic carbocycles. The molecular formula is C7H4N4S. The summed E-state index contributed by atoms with van der Waals surface area (Å²) in [6.07, 6.45) is 1.57. The number of aromatic nitrogens is 4. The number of fused-ring (bicyclic) bond motifs is 3. The highest BCUT2D eigenvalue weighted by molar-refractivity contribution is 7.14. The molecule has 0 aliphatic heterocycles. The standard InChI is InChI=1S/C7H4N4S/c1-2-5-7(12-11-10-5)6-4(1)8-3-9-6/h1-3,11H. The SMILES string of the molecule is c1nc2ccc3n[nH]sc3c2n1. The van der Waals surface area contributed by atoms with Gasteiger partial charge in [0.15, 0.2) is 0 Å². The van der Waals surface area contributed by atoms with Crippen molar-refractivity contribution in [2.75, 3.05) is 0 Å². The molecule has 0 radical (unpaired) electrons. The van der Waals surface area contributed by atoms with E-state index in [1.54, 1.807) is 6.33 Å². The van der Waals surface area contributed by atoms with Gasteiger partial charge in [-0.05, 0) is 23.7 Å². The summed E-state index contributed by atoms with van der Waals surface area (Å²) in [5, 5.41) is 4.07. The third-order valence-electron chi connectivity index (χ3n) is 1.79. The molecule has 0 amide bonds. The van der Waals surface area contributed by atoms with Crippen LogP contribution in [0.4, 0.5) is 0 Å². The number of benzene rings is 1. The molecule has 2 heterocycles. The Hall–Kier alpha value is -1.49. The number of hydrogen-bond donors (Lipinski definition) is 1. The number of hydrogen-bond acceptors (Lipinski definition) is 4. The highest BCUT2D eigenvalue weighted by atomic mass is 32.1. The molecule has 0 bridgehead atoms. The maximum Gasteiger partial charge on any atom is 0.116 e. The Kier molecular flexibility index (Phi) is 1.02. The normalized spacial score (nSPS) is 11.3. The van der Waals surface area contributed by atoms with Gasteiger partial charge in [0.05, 0.1) is 5.52 Å². The summed E-state index contributed by atoms with van der Waals surface area (Å²) in [6, 6.07) is 3.87. The quantitative estimate of drug-likeness (QED) is 0.565. The van der Waals surface area contributed by atoms with Gasteiger partial charge in [-0.25, -0.2) is 14.5 Å². The number of rotatable bonds is 0. The Morgan fingerprint density at radius 2 is 2.08 bits per heavy atom. The fourth-order valence-corrected chi connectivity index (χ4v) is 1.94. The summed E-state index contributed by atoms with van der Waals surface area (Å²) < 4.78 is 3.92. The van der Waals surface area contributed by atoms with Crippen molar-refractivity contribution < 1.29 is 0 Å². The van der Waals surface area contributed by atoms with Crippen LogP contribution in [0.5, 0.6) is 0 Å². The lowest BCUT2D eigenvalue weighted by atomic mass is 10.3. The Labute approximate surface area is 71.4 Å². The molecule has 0 atom stereocenters. The van der Waals surface area contributed by atoms with E-state index in [1.165, 1.54) is 11.5 Å². The Morgan fingerprint density at radius 1 is 1.17 bits per heavy atom. The van der Waals surface area contributed by atoms with Crippen molar-refractivity contribution in [3.63, 3.8) is 0 Å². The minimum absolute atomic E-state index is 0.931. The Balaban J connectivity index is 2.71. The van der Waals surface area contributed by atoms with Crippen molar-refractivity contribution in [2.45, 2.75) is 0 Å². The molecule has 2 aromatic heterocycles. The molecule has 0 fully saturated rings. The highest BCUT2D eigenvalue weighted by Crippen LogP contribution is 2.23. The van der Waals surface area contributed by atoms with E-state index < -0.39 is 0 Å².